The van der Waals surface area contributed by atoms with E-state index in [4.69, 9.17) is 61.3 Å². The van der Waals surface area contributed by atoms with Crippen molar-refractivity contribution in [1.29, 1.82) is 0 Å². The Bertz CT molecular complexity index is 2000. The predicted molar refractivity (Wildman–Crippen MR) is 230 cm³/mol. The molecule has 0 aliphatic carbocycles. The van der Waals surface area contributed by atoms with Crippen LogP contribution in [0, 0.1) is 19.7 Å². The number of aromatic hydroxyl groups is 5. The normalized spacial score (nSPS) is 10.4. The van der Waals surface area contributed by atoms with E-state index in [0.717, 1.165) is 23.3 Å². The van der Waals surface area contributed by atoms with Crippen LogP contribution in [0.25, 0.3) is 0 Å². The summed E-state index contributed by atoms with van der Waals surface area (Å²) in [6.45, 7) is 2.33. The van der Waals surface area contributed by atoms with Crippen LogP contribution in [-0.2, 0) is 85.7 Å². The van der Waals surface area contributed by atoms with Gasteiger partial charge in [-0.05, 0) is 108 Å². The lowest BCUT2D eigenvalue weighted by atomic mass is 9.92. The summed E-state index contributed by atoms with van der Waals surface area (Å²) in [4.78, 5) is 0. The molecule has 354 valence electrons. The Morgan fingerprint density at radius 3 is 0.969 bits per heavy atom. The molecule has 64 heavy (non-hydrogen) atoms. The van der Waals surface area contributed by atoms with Gasteiger partial charge in [0.1, 0.15) is 34.6 Å². The number of aliphatic hydroxyl groups is 12. The standard InChI is InChI=1S/C11H16O4.C10H14O3.C9H12O4.C8H9FO3.C8H10O3/c1-6-8(3-12)7(2)10(5-14)11(15)9(6)4-13;1-2-8-3-7(5-11)4-9(6-12)10(8)13;10-3-6-1-7(4-11)9(13)8(2-6)5-12;9-7-1-5(3-10)8(12)6(2-7)4-11;9-4-6-1-2-8(11)7(3-6)5-10/h12-15H,3-5H2,1-2H3;3-4,11-13H,2,5-6H2,1H3;1-2,10-13H,3-5H2;1-2,10-12H,3-4H2;1-3,9-11H,4-5H2. The molecule has 0 radical (unpaired) electrons. The summed E-state index contributed by atoms with van der Waals surface area (Å²) in [6, 6.07) is 13.0. The summed E-state index contributed by atoms with van der Waals surface area (Å²) >= 11 is 0. The maximum absolute atomic E-state index is 12.6. The summed E-state index contributed by atoms with van der Waals surface area (Å²) < 4.78 is 12.6. The zero-order valence-electron chi connectivity index (χ0n) is 35.9. The Labute approximate surface area is 369 Å². The average Bonchev–Trinajstić information content (AvgIpc) is 3.31. The second-order valence-corrected chi connectivity index (χ2v) is 13.8. The zero-order valence-corrected chi connectivity index (χ0v) is 35.9. The fourth-order valence-electron chi connectivity index (χ4n) is 6.11. The quantitative estimate of drug-likeness (QED) is 0.0805. The third kappa shape index (κ3) is 15.7. The molecule has 0 aliphatic heterocycles. The number of rotatable bonds is 13. The van der Waals surface area contributed by atoms with Gasteiger partial charge in [0.2, 0.25) is 0 Å². The van der Waals surface area contributed by atoms with Gasteiger partial charge in [-0.15, -0.1) is 0 Å². The second kappa shape index (κ2) is 29.1. The molecule has 17 N–H and O–H groups in total. The van der Waals surface area contributed by atoms with E-state index in [9.17, 15) is 29.9 Å². The minimum atomic E-state index is -0.582. The maximum atomic E-state index is 12.6. The first kappa shape index (κ1) is 56.6. The molecule has 18 heteroatoms. The molecule has 0 aliphatic rings. The highest BCUT2D eigenvalue weighted by atomic mass is 19.1. The maximum Gasteiger partial charge on any atom is 0.127 e. The fourth-order valence-corrected chi connectivity index (χ4v) is 6.11. The van der Waals surface area contributed by atoms with Gasteiger partial charge in [0.15, 0.2) is 0 Å². The van der Waals surface area contributed by atoms with Crippen molar-refractivity contribution in [3.8, 4) is 28.7 Å². The minimum Gasteiger partial charge on any atom is -0.508 e. The first-order chi connectivity index (χ1) is 30.5. The van der Waals surface area contributed by atoms with Gasteiger partial charge in [0.25, 0.3) is 0 Å². The molecule has 0 bridgehead atoms. The Balaban J connectivity index is 0.000000401. The molecule has 0 amide bonds. The van der Waals surface area contributed by atoms with E-state index in [-0.39, 0.29) is 106 Å². The van der Waals surface area contributed by atoms with Crippen LogP contribution in [0.5, 0.6) is 28.7 Å². The lowest BCUT2D eigenvalue weighted by Gasteiger charge is -2.17. The van der Waals surface area contributed by atoms with Crippen molar-refractivity contribution in [2.24, 2.45) is 0 Å². The van der Waals surface area contributed by atoms with Crippen molar-refractivity contribution in [1.82, 2.24) is 0 Å². The smallest absolute Gasteiger partial charge is 0.127 e. The van der Waals surface area contributed by atoms with Gasteiger partial charge in [-0.3, -0.25) is 0 Å². The van der Waals surface area contributed by atoms with Crippen LogP contribution in [0.15, 0.2) is 54.6 Å². The topological polar surface area (TPSA) is 344 Å². The number of aliphatic hydroxyl groups excluding tert-OH is 12. The molecule has 0 saturated carbocycles. The van der Waals surface area contributed by atoms with Gasteiger partial charge in [-0.2, -0.15) is 0 Å². The van der Waals surface area contributed by atoms with E-state index in [1.54, 1.807) is 38.1 Å². The van der Waals surface area contributed by atoms with E-state index in [0.29, 0.717) is 67.6 Å². The summed E-state index contributed by atoms with van der Waals surface area (Å²) in [5.74, 6) is -0.816. The number of phenols is 5. The number of aryl methyl sites for hydroxylation is 1. The van der Waals surface area contributed by atoms with E-state index in [1.165, 1.54) is 18.2 Å². The number of hydrogen-bond acceptors (Lipinski definition) is 17. The van der Waals surface area contributed by atoms with Crippen molar-refractivity contribution in [2.75, 3.05) is 0 Å². The van der Waals surface area contributed by atoms with Gasteiger partial charge in [0, 0.05) is 44.5 Å². The largest absolute Gasteiger partial charge is 0.508 e. The molecule has 0 fully saturated rings. The molecular formula is C46H61FO17. The monoisotopic (exact) mass is 904 g/mol. The van der Waals surface area contributed by atoms with Crippen LogP contribution < -0.4 is 0 Å². The fraction of sp³-hybridized carbons (Fsp3) is 0.348. The Kier molecular flexibility index (Phi) is 25.7. The predicted octanol–water partition coefficient (Wildman–Crippen LogP) is 2.19. The van der Waals surface area contributed by atoms with Gasteiger partial charge < -0.3 is 86.8 Å². The van der Waals surface area contributed by atoms with E-state index < -0.39 is 19.0 Å². The summed E-state index contributed by atoms with van der Waals surface area (Å²) in [5.41, 5.74) is 7.18. The molecule has 5 aromatic rings. The molecule has 5 rings (SSSR count). The highest BCUT2D eigenvalue weighted by molar-refractivity contribution is 5.54. The first-order valence-electron chi connectivity index (χ1n) is 19.6. The summed E-state index contributed by atoms with van der Waals surface area (Å²) in [7, 11) is 0. The van der Waals surface area contributed by atoms with Crippen molar-refractivity contribution in [3.05, 3.63) is 144 Å². The van der Waals surface area contributed by atoms with Crippen LogP contribution in [0.3, 0.4) is 0 Å². The van der Waals surface area contributed by atoms with Crippen molar-refractivity contribution >= 4 is 0 Å². The molecule has 0 atom stereocenters. The van der Waals surface area contributed by atoms with E-state index >= 15 is 0 Å². The summed E-state index contributed by atoms with van der Waals surface area (Å²) in [6.07, 6.45) is 0.687. The molecule has 0 spiro atoms. The van der Waals surface area contributed by atoms with Crippen molar-refractivity contribution in [3.63, 3.8) is 0 Å². The van der Waals surface area contributed by atoms with Gasteiger partial charge in [-0.25, -0.2) is 4.39 Å². The van der Waals surface area contributed by atoms with Crippen LogP contribution in [-0.4, -0.2) is 86.8 Å². The van der Waals surface area contributed by atoms with E-state index in [1.807, 2.05) is 6.92 Å². The molecule has 0 unspecified atom stereocenters. The molecule has 5 aromatic carbocycles. The molecule has 0 aromatic heterocycles. The SMILES string of the molecule is CCc1cc(CO)cc(CO)c1O.Cc1c(CO)c(C)c(CO)c(O)c1CO.OCc1cc(CO)c(O)c(CO)c1.OCc1cc(F)cc(CO)c1O.OCc1ccc(O)c(CO)c1. The molecule has 17 nitrogen and oxygen atoms in total. The molecular weight excluding hydrogens is 843 g/mol. The highest BCUT2D eigenvalue weighted by Crippen LogP contribution is 2.33. The second-order valence-electron chi connectivity index (χ2n) is 13.8. The Morgan fingerprint density at radius 2 is 0.656 bits per heavy atom. The summed E-state index contributed by atoms with van der Waals surface area (Å²) in [5, 5.41) is 153. The molecule has 0 heterocycles. The Morgan fingerprint density at radius 1 is 0.344 bits per heavy atom. The lowest BCUT2D eigenvalue weighted by Crippen LogP contribution is -2.04. The Hall–Kier alpha value is -5.45. The average molecular weight is 905 g/mol. The highest BCUT2D eigenvalue weighted by Gasteiger charge is 2.17. The van der Waals surface area contributed by atoms with Crippen LogP contribution in [0.1, 0.15) is 90.4 Å². The third-order valence-corrected chi connectivity index (χ3v) is 9.84. The first-order valence-corrected chi connectivity index (χ1v) is 19.6. The van der Waals surface area contributed by atoms with Crippen LogP contribution in [0.4, 0.5) is 4.39 Å². The van der Waals surface area contributed by atoms with Crippen LogP contribution in [0.2, 0.25) is 0 Å². The van der Waals surface area contributed by atoms with Gasteiger partial charge in [0.05, 0.1) is 79.3 Å². The number of benzene rings is 5. The number of hydrogen-bond donors (Lipinski definition) is 17. The van der Waals surface area contributed by atoms with Gasteiger partial charge >= 0.3 is 0 Å². The van der Waals surface area contributed by atoms with Crippen LogP contribution >= 0.6 is 0 Å². The zero-order chi connectivity index (χ0) is 48.7. The van der Waals surface area contributed by atoms with Crippen molar-refractivity contribution < 1.29 is 91.2 Å². The third-order valence-electron chi connectivity index (χ3n) is 9.84. The number of halogens is 1. The minimum absolute atomic E-state index is 0.0599. The lowest BCUT2D eigenvalue weighted by molar-refractivity contribution is 0.256. The molecule has 0 saturated heterocycles. The van der Waals surface area contributed by atoms with Gasteiger partial charge in [-0.1, -0.05) is 13.0 Å². The van der Waals surface area contributed by atoms with E-state index in [2.05, 4.69) is 0 Å². The van der Waals surface area contributed by atoms with Crippen molar-refractivity contribution in [2.45, 2.75) is 106 Å².